The van der Waals surface area contributed by atoms with Gasteiger partial charge in [0.1, 0.15) is 41.0 Å². The summed E-state index contributed by atoms with van der Waals surface area (Å²) in [7, 11) is 1.57. The van der Waals surface area contributed by atoms with Crippen molar-refractivity contribution in [2.75, 3.05) is 19.0 Å². The number of hydrogen-bond acceptors (Lipinski definition) is 10. The Bertz CT molecular complexity index is 1670. The number of aliphatic hydroxyl groups excluding tert-OH is 1. The van der Waals surface area contributed by atoms with Crippen LogP contribution in [0.4, 0.5) is 5.13 Å². The van der Waals surface area contributed by atoms with E-state index in [1.54, 1.807) is 46.1 Å². The second-order valence-electron chi connectivity index (χ2n) is 13.3. The number of carboxylic acid groups (broad SMARTS) is 1. The highest BCUT2D eigenvalue weighted by Gasteiger charge is 2.61. The summed E-state index contributed by atoms with van der Waals surface area (Å²) in [6.07, 6.45) is -0.250. The van der Waals surface area contributed by atoms with E-state index >= 15 is 0 Å². The highest BCUT2D eigenvalue weighted by atomic mass is 32.1. The van der Waals surface area contributed by atoms with Crippen LogP contribution in [-0.4, -0.2) is 86.3 Å². The number of thiazole rings is 1. The molecule has 0 unspecified atom stereocenters. The number of carbonyl (C=O) groups excluding carboxylic acids is 2. The summed E-state index contributed by atoms with van der Waals surface area (Å²) in [5, 5.41) is 30.1. The van der Waals surface area contributed by atoms with Gasteiger partial charge in [0.05, 0.1) is 24.9 Å². The van der Waals surface area contributed by atoms with E-state index in [2.05, 4.69) is 17.2 Å². The van der Waals surface area contributed by atoms with Crippen molar-refractivity contribution in [1.29, 1.82) is 0 Å². The van der Waals surface area contributed by atoms with Crippen LogP contribution in [0, 0.1) is 11.3 Å². The molecule has 5 atom stereocenters. The molecule has 46 heavy (non-hydrogen) atoms. The van der Waals surface area contributed by atoms with Gasteiger partial charge < -0.3 is 35.2 Å². The predicted molar refractivity (Wildman–Crippen MR) is 175 cm³/mol. The number of aliphatic carboxylic acids is 1. The number of rotatable bonds is 11. The van der Waals surface area contributed by atoms with Gasteiger partial charge >= 0.3 is 5.97 Å². The molecule has 12 nitrogen and oxygen atoms in total. The fourth-order valence-corrected chi connectivity index (χ4v) is 6.49. The van der Waals surface area contributed by atoms with Gasteiger partial charge in [0.2, 0.25) is 5.91 Å². The summed E-state index contributed by atoms with van der Waals surface area (Å²) < 4.78 is 12.0. The number of anilines is 1. The first-order chi connectivity index (χ1) is 21.7. The molecular weight excluding hydrogens is 610 g/mol. The summed E-state index contributed by atoms with van der Waals surface area (Å²) in [5.41, 5.74) is -0.442. The first kappa shape index (κ1) is 33.1. The Labute approximate surface area is 271 Å². The molecule has 0 radical (unpaired) electrons. The number of aromatic nitrogens is 2. The van der Waals surface area contributed by atoms with Crippen molar-refractivity contribution in [3.63, 3.8) is 0 Å². The first-order valence-electron chi connectivity index (χ1n) is 15.2. The molecule has 1 aliphatic heterocycles. The average Bonchev–Trinajstić information content (AvgIpc) is 3.29. The van der Waals surface area contributed by atoms with Crippen molar-refractivity contribution >= 4 is 45.2 Å². The fraction of sp³-hybridized carbons (Fsp3) is 0.485. The number of carbonyl (C=O) groups is 3. The molecule has 4 N–H and O–H groups in total. The Balaban J connectivity index is 1.48. The molecule has 13 heteroatoms. The van der Waals surface area contributed by atoms with E-state index in [-0.39, 0.29) is 25.4 Å². The molecule has 1 saturated heterocycles. The Morgan fingerprint density at radius 3 is 2.54 bits per heavy atom. The van der Waals surface area contributed by atoms with E-state index in [0.717, 1.165) is 5.13 Å². The van der Waals surface area contributed by atoms with Crippen LogP contribution in [0.25, 0.3) is 22.3 Å². The first-order valence-corrected chi connectivity index (χ1v) is 16.1. The van der Waals surface area contributed by atoms with Crippen molar-refractivity contribution in [3.8, 4) is 22.9 Å². The largest absolute Gasteiger partial charge is 0.497 e. The fourth-order valence-electron chi connectivity index (χ4n) is 5.64. The molecule has 0 spiro atoms. The van der Waals surface area contributed by atoms with Crippen LogP contribution in [0.15, 0.2) is 42.3 Å². The van der Waals surface area contributed by atoms with E-state index in [4.69, 9.17) is 19.4 Å². The third-order valence-electron chi connectivity index (χ3n) is 8.38. The van der Waals surface area contributed by atoms with Crippen molar-refractivity contribution in [2.24, 2.45) is 11.3 Å². The minimum atomic E-state index is -1.47. The standard InChI is InChI=1S/C33H41N5O7S/c1-8-18-14-33(18,30(42)43)37-28(40)25-12-20(15-38(25)29(41)27(39)32(4,5)6)45-26-13-23(24-16-46-31(36-24)34-17(2)3)35-22-11-19(44-7)9-10-21(22)26/h8-11,13,16-18,20,25,27,39H,1,12,14-15H2,2-7H3,(H,34,36)(H,37,40)(H,42,43)/t18-,20-,25+,27-,33-/m1/s1. The van der Waals surface area contributed by atoms with Crippen molar-refractivity contribution in [3.05, 3.63) is 42.3 Å². The molecule has 2 aliphatic rings. The van der Waals surface area contributed by atoms with E-state index in [1.165, 1.54) is 22.3 Å². The van der Waals surface area contributed by atoms with Crippen molar-refractivity contribution in [1.82, 2.24) is 20.2 Å². The van der Waals surface area contributed by atoms with Gasteiger partial charge in [-0.3, -0.25) is 9.59 Å². The van der Waals surface area contributed by atoms with Crippen LogP contribution < -0.4 is 20.1 Å². The van der Waals surface area contributed by atoms with Crippen LogP contribution in [-0.2, 0) is 14.4 Å². The number of pyridine rings is 1. The maximum absolute atomic E-state index is 13.7. The van der Waals surface area contributed by atoms with Gasteiger partial charge in [-0.15, -0.1) is 17.9 Å². The van der Waals surface area contributed by atoms with Crippen LogP contribution in [0.2, 0.25) is 0 Å². The SMILES string of the molecule is C=C[C@@H]1C[C@]1(NC(=O)[C@@H]1C[C@@H](Oc2cc(-c3csc(NC(C)C)n3)nc3cc(OC)ccc23)CN1C(=O)[C@@H](O)C(C)(C)C)C(=O)O. The third kappa shape index (κ3) is 6.52. The van der Waals surface area contributed by atoms with Gasteiger partial charge in [0.15, 0.2) is 5.13 Å². The van der Waals surface area contributed by atoms with Gasteiger partial charge in [-0.1, -0.05) is 26.8 Å². The molecule has 5 rings (SSSR count). The van der Waals surface area contributed by atoms with Gasteiger partial charge in [-0.05, 0) is 37.8 Å². The van der Waals surface area contributed by atoms with E-state index in [0.29, 0.717) is 33.8 Å². The lowest BCUT2D eigenvalue weighted by Crippen LogP contribution is -2.55. The van der Waals surface area contributed by atoms with Crippen LogP contribution >= 0.6 is 11.3 Å². The molecule has 1 saturated carbocycles. The molecule has 0 bridgehead atoms. The zero-order valence-corrected chi connectivity index (χ0v) is 27.7. The maximum atomic E-state index is 13.7. The van der Waals surface area contributed by atoms with Crippen LogP contribution in [0.1, 0.15) is 47.5 Å². The lowest BCUT2D eigenvalue weighted by Gasteiger charge is -2.32. The second kappa shape index (κ2) is 12.5. The number of benzene rings is 1. The molecule has 1 aliphatic carbocycles. The second-order valence-corrected chi connectivity index (χ2v) is 14.1. The summed E-state index contributed by atoms with van der Waals surface area (Å²) >= 11 is 1.46. The predicted octanol–water partition coefficient (Wildman–Crippen LogP) is 4.09. The molecule has 246 valence electrons. The normalized spacial score (nSPS) is 23.2. The van der Waals surface area contributed by atoms with Gasteiger partial charge in [0, 0.05) is 41.3 Å². The number of methoxy groups -OCH3 is 1. The molecule has 3 aromatic rings. The Hall–Kier alpha value is -4.23. The molecule has 2 fully saturated rings. The number of hydrogen-bond donors (Lipinski definition) is 4. The average molecular weight is 652 g/mol. The molecule has 3 heterocycles. The van der Waals surface area contributed by atoms with E-state index < -0.39 is 52.9 Å². The highest BCUT2D eigenvalue weighted by Crippen LogP contribution is 2.45. The quantitative estimate of drug-likeness (QED) is 0.222. The maximum Gasteiger partial charge on any atom is 0.330 e. The Morgan fingerprint density at radius 2 is 1.93 bits per heavy atom. The van der Waals surface area contributed by atoms with Crippen LogP contribution in [0.3, 0.4) is 0 Å². The number of aliphatic hydroxyl groups is 1. The minimum absolute atomic E-state index is 0.00345. The summed E-state index contributed by atoms with van der Waals surface area (Å²) in [4.78, 5) is 50.2. The number of fused-ring (bicyclic) bond motifs is 1. The molecule has 2 amide bonds. The lowest BCUT2D eigenvalue weighted by atomic mass is 9.88. The molecule has 2 aromatic heterocycles. The number of nitrogens with one attached hydrogen (secondary N) is 2. The molecule has 1 aromatic carbocycles. The highest BCUT2D eigenvalue weighted by molar-refractivity contribution is 7.14. The number of nitrogens with zero attached hydrogens (tertiary/aromatic N) is 3. The van der Waals surface area contributed by atoms with E-state index in [1.807, 2.05) is 25.3 Å². The van der Waals surface area contributed by atoms with Crippen molar-refractivity contribution < 1.29 is 34.1 Å². The minimum Gasteiger partial charge on any atom is -0.497 e. The van der Waals surface area contributed by atoms with Gasteiger partial charge in [-0.2, -0.15) is 0 Å². The van der Waals surface area contributed by atoms with Crippen LogP contribution in [0.5, 0.6) is 11.5 Å². The zero-order valence-electron chi connectivity index (χ0n) is 26.9. The summed E-state index contributed by atoms with van der Waals surface area (Å²) in [5.74, 6) is -1.75. The zero-order chi connectivity index (χ0) is 33.6. The number of ether oxygens (including phenoxy) is 2. The number of carboxylic acids is 1. The van der Waals surface area contributed by atoms with Gasteiger partial charge in [0.25, 0.3) is 5.91 Å². The molecular formula is C33H41N5O7S. The van der Waals surface area contributed by atoms with Crippen molar-refractivity contribution in [2.45, 2.75) is 77.3 Å². The smallest absolute Gasteiger partial charge is 0.330 e. The lowest BCUT2D eigenvalue weighted by molar-refractivity contribution is -0.151. The monoisotopic (exact) mass is 651 g/mol. The number of amides is 2. The van der Waals surface area contributed by atoms with Gasteiger partial charge in [-0.25, -0.2) is 14.8 Å². The van der Waals surface area contributed by atoms with E-state index in [9.17, 15) is 24.6 Å². The Morgan fingerprint density at radius 1 is 1.20 bits per heavy atom. The summed E-state index contributed by atoms with van der Waals surface area (Å²) in [6.45, 7) is 12.9. The Kier molecular flexibility index (Phi) is 9.02. The summed E-state index contributed by atoms with van der Waals surface area (Å²) in [6, 6.07) is 6.34. The number of likely N-dealkylation sites (tertiary alicyclic amines) is 1. The third-order valence-corrected chi connectivity index (χ3v) is 9.15. The topological polar surface area (TPSA) is 163 Å².